The number of nitrogens with two attached hydrogens (primary N) is 1. The molecule has 1 aromatic rings. The molecule has 0 aromatic heterocycles. The van der Waals surface area contributed by atoms with Crippen LogP contribution < -0.4 is 5.73 Å². The first-order valence-corrected chi connectivity index (χ1v) is 6.67. The van der Waals surface area contributed by atoms with Crippen molar-refractivity contribution in [2.75, 3.05) is 13.1 Å². The Morgan fingerprint density at radius 2 is 2.11 bits per heavy atom. The first kappa shape index (κ1) is 16.0. The second-order valence-corrected chi connectivity index (χ2v) is 5.70. The number of hydrogen-bond acceptors (Lipinski definition) is 3. The fraction of sp³-hybridized carbons (Fsp3) is 0.500. The number of rotatable bonds is 6. The Morgan fingerprint density at radius 3 is 2.58 bits per heavy atom. The van der Waals surface area contributed by atoms with E-state index < -0.39 is 5.60 Å². The highest BCUT2D eigenvalue weighted by Gasteiger charge is 2.19. The van der Waals surface area contributed by atoms with E-state index in [1.807, 2.05) is 11.8 Å². The third kappa shape index (κ3) is 4.86. The maximum absolute atomic E-state index is 14.2. The molecule has 3 N–H and O–H groups in total. The van der Waals surface area contributed by atoms with Crippen LogP contribution in [0.4, 0.5) is 4.39 Å². The standard InChI is InChI=1S/C14H21FN2OS/c1-4-17(9-14(2,3)18)8-10-6-5-7-11(12(10)15)13(16)19/h5-7,18H,4,8-9H2,1-3H3,(H2,16,19). The Balaban J connectivity index is 2.92. The molecule has 0 spiro atoms. The number of likely N-dealkylation sites (N-methyl/N-ethyl adjacent to an activating group) is 1. The Kier molecular flexibility index (Phi) is 5.40. The molecule has 19 heavy (non-hydrogen) atoms. The third-order valence-electron chi connectivity index (χ3n) is 2.80. The molecule has 1 rings (SSSR count). The number of halogens is 1. The van der Waals surface area contributed by atoms with E-state index in [1.54, 1.807) is 32.0 Å². The van der Waals surface area contributed by atoms with E-state index in [2.05, 4.69) is 0 Å². The molecular weight excluding hydrogens is 263 g/mol. The van der Waals surface area contributed by atoms with Crippen LogP contribution in [0.15, 0.2) is 18.2 Å². The largest absolute Gasteiger partial charge is 0.389 e. The lowest BCUT2D eigenvalue weighted by atomic mass is 10.1. The molecule has 0 saturated heterocycles. The number of nitrogens with zero attached hydrogens (tertiary/aromatic N) is 1. The number of thiocarbonyl (C=S) groups is 1. The van der Waals surface area contributed by atoms with E-state index in [-0.39, 0.29) is 16.4 Å². The zero-order valence-electron chi connectivity index (χ0n) is 11.6. The van der Waals surface area contributed by atoms with E-state index in [0.717, 1.165) is 6.54 Å². The second kappa shape index (κ2) is 6.41. The Morgan fingerprint density at radius 1 is 1.47 bits per heavy atom. The second-order valence-electron chi connectivity index (χ2n) is 5.26. The molecule has 0 radical (unpaired) electrons. The van der Waals surface area contributed by atoms with Gasteiger partial charge in [-0.1, -0.05) is 31.3 Å². The first-order valence-electron chi connectivity index (χ1n) is 6.26. The van der Waals surface area contributed by atoms with Gasteiger partial charge in [0.2, 0.25) is 0 Å². The molecule has 0 aliphatic rings. The summed E-state index contributed by atoms with van der Waals surface area (Å²) in [6.07, 6.45) is 0. The first-order chi connectivity index (χ1) is 8.74. The van der Waals surface area contributed by atoms with Crippen LogP contribution in [0.2, 0.25) is 0 Å². The van der Waals surface area contributed by atoms with E-state index >= 15 is 0 Å². The lowest BCUT2D eigenvalue weighted by Gasteiger charge is -2.28. The predicted molar refractivity (Wildman–Crippen MR) is 79.5 cm³/mol. The summed E-state index contributed by atoms with van der Waals surface area (Å²) < 4.78 is 14.2. The minimum absolute atomic E-state index is 0.0601. The minimum Gasteiger partial charge on any atom is -0.389 e. The van der Waals surface area contributed by atoms with Gasteiger partial charge in [-0.05, 0) is 26.5 Å². The van der Waals surface area contributed by atoms with Gasteiger partial charge < -0.3 is 10.8 Å². The number of hydrogen-bond donors (Lipinski definition) is 2. The molecule has 1 aromatic carbocycles. The fourth-order valence-electron chi connectivity index (χ4n) is 1.96. The molecule has 0 aliphatic heterocycles. The lowest BCUT2D eigenvalue weighted by Crippen LogP contribution is -2.38. The third-order valence-corrected chi connectivity index (χ3v) is 3.02. The van der Waals surface area contributed by atoms with Crippen molar-refractivity contribution < 1.29 is 9.50 Å². The van der Waals surface area contributed by atoms with Crippen LogP contribution in [-0.2, 0) is 6.54 Å². The van der Waals surface area contributed by atoms with Crippen molar-refractivity contribution in [1.29, 1.82) is 0 Å². The molecule has 0 unspecified atom stereocenters. The van der Waals surface area contributed by atoms with Crippen molar-refractivity contribution in [3.63, 3.8) is 0 Å². The maximum Gasteiger partial charge on any atom is 0.137 e. The highest BCUT2D eigenvalue weighted by atomic mass is 32.1. The summed E-state index contributed by atoms with van der Waals surface area (Å²) in [5.74, 6) is -0.371. The molecule has 0 amide bonds. The van der Waals surface area contributed by atoms with Crippen LogP contribution in [0.25, 0.3) is 0 Å². The van der Waals surface area contributed by atoms with Crippen molar-refractivity contribution in [3.8, 4) is 0 Å². The van der Waals surface area contributed by atoms with Gasteiger partial charge in [0.1, 0.15) is 10.8 Å². The van der Waals surface area contributed by atoms with Crippen molar-refractivity contribution in [3.05, 3.63) is 35.1 Å². The van der Waals surface area contributed by atoms with Gasteiger partial charge in [-0.15, -0.1) is 0 Å². The zero-order chi connectivity index (χ0) is 14.6. The molecule has 106 valence electrons. The van der Waals surface area contributed by atoms with E-state index in [0.29, 0.717) is 18.7 Å². The summed E-state index contributed by atoms with van der Waals surface area (Å²) in [7, 11) is 0. The zero-order valence-corrected chi connectivity index (χ0v) is 12.4. The SMILES string of the molecule is CCN(Cc1cccc(C(N)=S)c1F)CC(C)(C)O. The van der Waals surface area contributed by atoms with Gasteiger partial charge in [0.05, 0.1) is 5.60 Å². The number of benzene rings is 1. The van der Waals surface area contributed by atoms with Gasteiger partial charge in [-0.25, -0.2) is 4.39 Å². The molecule has 5 heteroatoms. The maximum atomic E-state index is 14.2. The smallest absolute Gasteiger partial charge is 0.137 e. The monoisotopic (exact) mass is 284 g/mol. The minimum atomic E-state index is -0.812. The van der Waals surface area contributed by atoms with Crippen molar-refractivity contribution in [2.24, 2.45) is 5.73 Å². The number of aliphatic hydroxyl groups is 1. The molecule has 0 saturated carbocycles. The van der Waals surface area contributed by atoms with Crippen LogP contribution in [0, 0.1) is 5.82 Å². The molecule has 0 fully saturated rings. The summed E-state index contributed by atoms with van der Waals surface area (Å²) in [5.41, 5.74) is 5.48. The quantitative estimate of drug-likeness (QED) is 0.785. The molecule has 0 aliphatic carbocycles. The normalized spacial score (nSPS) is 11.9. The van der Waals surface area contributed by atoms with Crippen LogP contribution in [0.1, 0.15) is 31.9 Å². The van der Waals surface area contributed by atoms with Crippen LogP contribution in [0.5, 0.6) is 0 Å². The summed E-state index contributed by atoms with van der Waals surface area (Å²) >= 11 is 4.82. The van der Waals surface area contributed by atoms with Crippen molar-refractivity contribution in [2.45, 2.75) is 32.9 Å². The average molecular weight is 284 g/mol. The van der Waals surface area contributed by atoms with Gasteiger partial charge in [0.25, 0.3) is 0 Å². The topological polar surface area (TPSA) is 49.5 Å². The van der Waals surface area contributed by atoms with Gasteiger partial charge in [0, 0.05) is 24.2 Å². The fourth-order valence-corrected chi connectivity index (χ4v) is 2.12. The Bertz CT molecular complexity index is 457. The van der Waals surface area contributed by atoms with E-state index in [1.165, 1.54) is 0 Å². The molecule has 0 bridgehead atoms. The molecule has 0 atom stereocenters. The summed E-state index contributed by atoms with van der Waals surface area (Å²) in [4.78, 5) is 2.03. The predicted octanol–water partition coefficient (Wildman–Crippen LogP) is 2.05. The van der Waals surface area contributed by atoms with Crippen molar-refractivity contribution in [1.82, 2.24) is 4.90 Å². The summed E-state index contributed by atoms with van der Waals surface area (Å²) in [6.45, 7) is 7.06. The highest BCUT2D eigenvalue weighted by Crippen LogP contribution is 2.16. The van der Waals surface area contributed by atoms with Gasteiger partial charge in [-0.2, -0.15) is 0 Å². The molecule has 3 nitrogen and oxygen atoms in total. The van der Waals surface area contributed by atoms with Crippen LogP contribution >= 0.6 is 12.2 Å². The van der Waals surface area contributed by atoms with Gasteiger partial charge in [0.15, 0.2) is 0 Å². The van der Waals surface area contributed by atoms with Gasteiger partial charge >= 0.3 is 0 Å². The van der Waals surface area contributed by atoms with Crippen LogP contribution in [0.3, 0.4) is 0 Å². The molecular formula is C14H21FN2OS. The lowest BCUT2D eigenvalue weighted by molar-refractivity contribution is 0.0350. The highest BCUT2D eigenvalue weighted by molar-refractivity contribution is 7.80. The Hall–Kier alpha value is -1.04. The average Bonchev–Trinajstić information content (AvgIpc) is 2.28. The summed E-state index contributed by atoms with van der Waals surface area (Å²) in [5, 5.41) is 9.83. The Labute approximate surface area is 119 Å². The van der Waals surface area contributed by atoms with E-state index in [9.17, 15) is 9.50 Å². The summed E-state index contributed by atoms with van der Waals surface area (Å²) in [6, 6.07) is 5.03. The van der Waals surface area contributed by atoms with E-state index in [4.69, 9.17) is 18.0 Å². The molecule has 0 heterocycles. The van der Waals surface area contributed by atoms with Gasteiger partial charge in [-0.3, -0.25) is 4.90 Å². The van der Waals surface area contributed by atoms with Crippen LogP contribution in [-0.4, -0.2) is 33.7 Å². The van der Waals surface area contributed by atoms with Crippen molar-refractivity contribution >= 4 is 17.2 Å².